The number of carboxylic acids is 1. The fraction of sp³-hybridized carbons (Fsp3) is 0.0625. The Hall–Kier alpha value is -2.93. The number of para-hydroxylation sites is 2. The number of carbonyl (C=O) groups is 1. The van der Waals surface area contributed by atoms with Gasteiger partial charge in [-0.2, -0.15) is 5.10 Å². The van der Waals surface area contributed by atoms with Crippen LogP contribution in [0.25, 0.3) is 10.2 Å². The SMILES string of the molecule is O=C(O)COc1ccccc1C=NNc1nc2ccccc2s1. The molecular weight excluding hydrogens is 314 g/mol. The molecule has 0 amide bonds. The second-order valence-corrected chi connectivity index (χ2v) is 5.61. The molecule has 23 heavy (non-hydrogen) atoms. The minimum Gasteiger partial charge on any atom is -0.481 e. The van der Waals surface area contributed by atoms with Crippen LogP contribution in [0.1, 0.15) is 5.56 Å². The Balaban J connectivity index is 1.71. The molecule has 0 bridgehead atoms. The minimum atomic E-state index is -1.02. The van der Waals surface area contributed by atoms with Gasteiger partial charge in [-0.1, -0.05) is 35.6 Å². The molecule has 7 heteroatoms. The second kappa shape index (κ2) is 6.89. The van der Waals surface area contributed by atoms with E-state index in [0.29, 0.717) is 16.4 Å². The lowest BCUT2D eigenvalue weighted by Gasteiger charge is -2.05. The Morgan fingerprint density at radius 2 is 2.04 bits per heavy atom. The zero-order chi connectivity index (χ0) is 16.1. The summed E-state index contributed by atoms with van der Waals surface area (Å²) in [5.74, 6) is -0.561. The lowest BCUT2D eigenvalue weighted by Crippen LogP contribution is -2.10. The lowest BCUT2D eigenvalue weighted by atomic mass is 10.2. The van der Waals surface area contributed by atoms with Crippen LogP contribution in [-0.2, 0) is 4.79 Å². The van der Waals surface area contributed by atoms with Gasteiger partial charge in [0.05, 0.1) is 16.4 Å². The van der Waals surface area contributed by atoms with E-state index < -0.39 is 12.6 Å². The highest BCUT2D eigenvalue weighted by molar-refractivity contribution is 7.22. The number of carboxylic acid groups (broad SMARTS) is 1. The molecular formula is C16H13N3O3S. The Labute approximate surface area is 136 Å². The average Bonchev–Trinajstić information content (AvgIpc) is 2.96. The number of ether oxygens (including phenoxy) is 1. The van der Waals surface area contributed by atoms with Crippen molar-refractivity contribution in [3.63, 3.8) is 0 Å². The lowest BCUT2D eigenvalue weighted by molar-refractivity contribution is -0.139. The summed E-state index contributed by atoms with van der Waals surface area (Å²) >= 11 is 1.51. The number of nitrogens with zero attached hydrogens (tertiary/aromatic N) is 2. The van der Waals surface area contributed by atoms with Gasteiger partial charge in [0.25, 0.3) is 0 Å². The number of thiazole rings is 1. The molecule has 1 aromatic heterocycles. The van der Waals surface area contributed by atoms with Crippen LogP contribution >= 0.6 is 11.3 Å². The summed E-state index contributed by atoms with van der Waals surface area (Å²) in [6.45, 7) is -0.393. The molecule has 6 nitrogen and oxygen atoms in total. The summed E-state index contributed by atoms with van der Waals surface area (Å²) in [5.41, 5.74) is 4.48. The molecule has 0 unspecified atom stereocenters. The number of nitrogens with one attached hydrogen (secondary N) is 1. The first-order valence-electron chi connectivity index (χ1n) is 6.80. The van der Waals surface area contributed by atoms with Crippen molar-refractivity contribution in [1.82, 2.24) is 4.98 Å². The van der Waals surface area contributed by atoms with E-state index in [1.165, 1.54) is 11.3 Å². The number of fused-ring (bicyclic) bond motifs is 1. The smallest absolute Gasteiger partial charge is 0.341 e. The molecule has 116 valence electrons. The van der Waals surface area contributed by atoms with Crippen molar-refractivity contribution in [2.75, 3.05) is 12.0 Å². The highest BCUT2D eigenvalue weighted by Crippen LogP contribution is 2.25. The zero-order valence-corrected chi connectivity index (χ0v) is 12.8. The molecule has 0 atom stereocenters. The molecule has 0 saturated carbocycles. The number of benzene rings is 2. The van der Waals surface area contributed by atoms with Crippen LogP contribution in [0, 0.1) is 0 Å². The number of anilines is 1. The number of rotatable bonds is 6. The van der Waals surface area contributed by atoms with E-state index in [1.807, 2.05) is 30.3 Å². The van der Waals surface area contributed by atoms with E-state index in [2.05, 4.69) is 15.5 Å². The summed E-state index contributed by atoms with van der Waals surface area (Å²) in [5, 5.41) is 13.5. The predicted octanol–water partition coefficient (Wildman–Crippen LogP) is 3.21. The average molecular weight is 327 g/mol. The molecule has 0 aliphatic carbocycles. The van der Waals surface area contributed by atoms with Gasteiger partial charge in [-0.3, -0.25) is 5.43 Å². The Morgan fingerprint density at radius 1 is 1.26 bits per heavy atom. The molecule has 1 heterocycles. The van der Waals surface area contributed by atoms with Gasteiger partial charge < -0.3 is 9.84 Å². The molecule has 3 rings (SSSR count). The summed E-state index contributed by atoms with van der Waals surface area (Å²) in [4.78, 5) is 15.0. The van der Waals surface area contributed by atoms with E-state index in [0.717, 1.165) is 10.2 Å². The molecule has 0 fully saturated rings. The van der Waals surface area contributed by atoms with Crippen molar-refractivity contribution in [1.29, 1.82) is 0 Å². The third-order valence-corrected chi connectivity index (χ3v) is 3.87. The minimum absolute atomic E-state index is 0.393. The summed E-state index contributed by atoms with van der Waals surface area (Å²) in [6, 6.07) is 14.9. The quantitative estimate of drug-likeness (QED) is 0.536. The van der Waals surface area contributed by atoms with Crippen molar-refractivity contribution >= 4 is 38.9 Å². The van der Waals surface area contributed by atoms with Crippen molar-refractivity contribution < 1.29 is 14.6 Å². The molecule has 3 aromatic rings. The highest BCUT2D eigenvalue weighted by Gasteiger charge is 2.04. The molecule has 0 saturated heterocycles. The third-order valence-electron chi connectivity index (χ3n) is 2.93. The molecule has 2 N–H and O–H groups in total. The summed E-state index contributed by atoms with van der Waals surface area (Å²) < 4.78 is 6.30. The van der Waals surface area contributed by atoms with E-state index in [1.54, 1.807) is 24.4 Å². The standard InChI is InChI=1S/C16H13N3O3S/c20-15(21)10-22-13-7-3-1-5-11(13)9-17-19-16-18-12-6-2-4-8-14(12)23-16/h1-9H,10H2,(H,18,19)(H,20,21). The normalized spacial score (nSPS) is 11.0. The van der Waals surface area contributed by atoms with Gasteiger partial charge in [0.2, 0.25) is 5.13 Å². The number of aliphatic carboxylic acids is 1. The van der Waals surface area contributed by atoms with E-state index in [-0.39, 0.29) is 0 Å². The van der Waals surface area contributed by atoms with Crippen molar-refractivity contribution in [3.05, 3.63) is 54.1 Å². The third kappa shape index (κ3) is 3.83. The van der Waals surface area contributed by atoms with Crippen molar-refractivity contribution in [3.8, 4) is 5.75 Å². The molecule has 0 aliphatic rings. The Kier molecular flexibility index (Phi) is 4.49. The van der Waals surface area contributed by atoms with E-state index in [4.69, 9.17) is 9.84 Å². The molecule has 2 aromatic carbocycles. The Bertz CT molecular complexity index is 827. The van der Waals surface area contributed by atoms with Crippen molar-refractivity contribution in [2.24, 2.45) is 5.10 Å². The van der Waals surface area contributed by atoms with Crippen molar-refractivity contribution in [2.45, 2.75) is 0 Å². The van der Waals surface area contributed by atoms with Crippen LogP contribution < -0.4 is 10.2 Å². The van der Waals surface area contributed by atoms with Gasteiger partial charge in [-0.05, 0) is 24.3 Å². The maximum Gasteiger partial charge on any atom is 0.341 e. The maximum atomic E-state index is 10.6. The summed E-state index contributed by atoms with van der Waals surface area (Å²) in [6.07, 6.45) is 1.57. The Morgan fingerprint density at radius 3 is 2.87 bits per heavy atom. The van der Waals surface area contributed by atoms with Crippen LogP contribution in [0.5, 0.6) is 5.75 Å². The van der Waals surface area contributed by atoms with Gasteiger partial charge in [-0.15, -0.1) is 0 Å². The van der Waals surface area contributed by atoms with Gasteiger partial charge in [0.15, 0.2) is 6.61 Å². The fourth-order valence-corrected chi connectivity index (χ4v) is 2.75. The van der Waals surface area contributed by atoms with E-state index in [9.17, 15) is 4.79 Å². The van der Waals surface area contributed by atoms with Crippen LogP contribution in [0.2, 0.25) is 0 Å². The maximum absolute atomic E-state index is 10.6. The number of hydrazone groups is 1. The first kappa shape index (κ1) is 15.0. The highest BCUT2D eigenvalue weighted by atomic mass is 32.1. The first-order chi connectivity index (χ1) is 11.2. The predicted molar refractivity (Wildman–Crippen MR) is 90.4 cm³/mol. The van der Waals surface area contributed by atoms with Crippen LogP contribution in [0.15, 0.2) is 53.6 Å². The van der Waals surface area contributed by atoms with E-state index >= 15 is 0 Å². The van der Waals surface area contributed by atoms with Crippen LogP contribution in [0.3, 0.4) is 0 Å². The second-order valence-electron chi connectivity index (χ2n) is 4.58. The van der Waals surface area contributed by atoms with Gasteiger partial charge in [0, 0.05) is 5.56 Å². The number of aromatic nitrogens is 1. The van der Waals surface area contributed by atoms with Gasteiger partial charge >= 0.3 is 5.97 Å². The monoisotopic (exact) mass is 327 g/mol. The molecule has 0 radical (unpaired) electrons. The number of hydrogen-bond donors (Lipinski definition) is 2. The van der Waals surface area contributed by atoms with Gasteiger partial charge in [0.1, 0.15) is 5.75 Å². The fourth-order valence-electron chi connectivity index (χ4n) is 1.94. The number of hydrogen-bond acceptors (Lipinski definition) is 6. The largest absolute Gasteiger partial charge is 0.481 e. The zero-order valence-electron chi connectivity index (χ0n) is 12.0. The van der Waals surface area contributed by atoms with Crippen LogP contribution in [-0.4, -0.2) is 28.9 Å². The molecule has 0 spiro atoms. The van der Waals surface area contributed by atoms with Gasteiger partial charge in [-0.25, -0.2) is 9.78 Å². The topological polar surface area (TPSA) is 83.8 Å². The summed E-state index contributed by atoms with van der Waals surface area (Å²) in [7, 11) is 0. The molecule has 0 aliphatic heterocycles. The first-order valence-corrected chi connectivity index (χ1v) is 7.62. The van der Waals surface area contributed by atoms with Crippen LogP contribution in [0.4, 0.5) is 5.13 Å².